The van der Waals surface area contributed by atoms with Crippen molar-refractivity contribution in [3.63, 3.8) is 0 Å². The molecule has 0 spiro atoms. The van der Waals surface area contributed by atoms with Crippen LogP contribution in [0.25, 0.3) is 0 Å². The Morgan fingerprint density at radius 2 is 1.79 bits per heavy atom. The summed E-state index contributed by atoms with van der Waals surface area (Å²) in [7, 11) is 4.48. The molecule has 2 aromatic rings. The van der Waals surface area contributed by atoms with Crippen LogP contribution in [0.15, 0.2) is 22.6 Å². The molecule has 7 nitrogen and oxygen atoms in total. The number of methoxy groups -OCH3 is 3. The van der Waals surface area contributed by atoms with Crippen LogP contribution in [0, 0.1) is 13.8 Å². The molecule has 1 aliphatic heterocycles. The maximum atomic E-state index is 13.3. The van der Waals surface area contributed by atoms with Crippen molar-refractivity contribution in [2.75, 3.05) is 27.9 Å². The Morgan fingerprint density at radius 3 is 2.36 bits per heavy atom. The van der Waals surface area contributed by atoms with Gasteiger partial charge in [0.1, 0.15) is 11.5 Å². The van der Waals surface area contributed by atoms with Crippen LogP contribution in [0.2, 0.25) is 0 Å². The number of amides is 1. The predicted octanol–water partition coefficient (Wildman–Crippen LogP) is 3.22. The van der Waals surface area contributed by atoms with Crippen LogP contribution in [0.3, 0.4) is 0 Å². The summed E-state index contributed by atoms with van der Waals surface area (Å²) in [4.78, 5) is 27.1. The highest BCUT2D eigenvalue weighted by molar-refractivity contribution is 5.96. The fourth-order valence-corrected chi connectivity index (χ4v) is 3.73. The molecule has 0 saturated carbocycles. The lowest BCUT2D eigenvalue weighted by atomic mass is 9.89. The third-order valence-electron chi connectivity index (χ3n) is 5.12. The van der Waals surface area contributed by atoms with E-state index in [4.69, 9.17) is 18.6 Å². The summed E-state index contributed by atoms with van der Waals surface area (Å²) in [6.45, 7) is 4.05. The standard InChI is InChI=1S/C21H25NO6/c1-12-8-15(13(2)28-12)21(24)22-7-6-14-9-18(25-3)19(26-4)10-16(14)17(22)11-20(23)27-5/h8-10,17H,6-7,11H2,1-5H3. The van der Waals surface area contributed by atoms with Crippen LogP contribution < -0.4 is 9.47 Å². The lowest BCUT2D eigenvalue weighted by molar-refractivity contribution is -0.141. The minimum absolute atomic E-state index is 0.0562. The number of carbonyl (C=O) groups is 2. The first-order chi connectivity index (χ1) is 13.4. The molecule has 28 heavy (non-hydrogen) atoms. The molecule has 3 rings (SSSR count). The SMILES string of the molecule is COC(=O)CC1c2cc(OC)c(OC)cc2CCN1C(=O)c1cc(C)oc1C. The fourth-order valence-electron chi connectivity index (χ4n) is 3.73. The average molecular weight is 387 g/mol. The molecule has 7 heteroatoms. The monoisotopic (exact) mass is 387 g/mol. The van der Waals surface area contributed by atoms with Crippen LogP contribution in [-0.2, 0) is 16.0 Å². The second kappa shape index (κ2) is 7.96. The third-order valence-corrected chi connectivity index (χ3v) is 5.12. The zero-order valence-electron chi connectivity index (χ0n) is 16.8. The molecule has 0 aliphatic carbocycles. The summed E-state index contributed by atoms with van der Waals surface area (Å²) in [5.41, 5.74) is 2.40. The van der Waals surface area contributed by atoms with Gasteiger partial charge in [-0.25, -0.2) is 0 Å². The number of benzene rings is 1. The van der Waals surface area contributed by atoms with E-state index in [0.717, 1.165) is 11.1 Å². The minimum Gasteiger partial charge on any atom is -0.493 e. The molecule has 1 aromatic carbocycles. The first kappa shape index (κ1) is 19.8. The average Bonchev–Trinajstić information content (AvgIpc) is 3.04. The van der Waals surface area contributed by atoms with Gasteiger partial charge in [0.2, 0.25) is 0 Å². The Bertz CT molecular complexity index is 901. The van der Waals surface area contributed by atoms with Gasteiger partial charge in [0.15, 0.2) is 11.5 Å². The van der Waals surface area contributed by atoms with E-state index in [-0.39, 0.29) is 18.3 Å². The smallest absolute Gasteiger partial charge is 0.307 e. The topological polar surface area (TPSA) is 78.2 Å². The zero-order valence-corrected chi connectivity index (χ0v) is 16.8. The molecule has 1 unspecified atom stereocenters. The summed E-state index contributed by atoms with van der Waals surface area (Å²) in [6.07, 6.45) is 0.704. The Morgan fingerprint density at radius 1 is 1.11 bits per heavy atom. The van der Waals surface area contributed by atoms with Gasteiger partial charge in [0.25, 0.3) is 5.91 Å². The molecular formula is C21H25NO6. The lowest BCUT2D eigenvalue weighted by Crippen LogP contribution is -2.41. The number of ether oxygens (including phenoxy) is 3. The second-order valence-corrected chi connectivity index (χ2v) is 6.78. The molecule has 2 heterocycles. The molecule has 1 amide bonds. The van der Waals surface area contributed by atoms with Gasteiger partial charge in [-0.1, -0.05) is 0 Å². The molecular weight excluding hydrogens is 362 g/mol. The zero-order chi connectivity index (χ0) is 20.4. The number of hydrogen-bond donors (Lipinski definition) is 0. The van der Waals surface area contributed by atoms with Crippen LogP contribution in [-0.4, -0.2) is 44.7 Å². The number of fused-ring (bicyclic) bond motifs is 1. The number of nitrogens with zero attached hydrogens (tertiary/aromatic N) is 1. The van der Waals surface area contributed by atoms with E-state index in [9.17, 15) is 9.59 Å². The molecule has 0 saturated heterocycles. The highest BCUT2D eigenvalue weighted by Crippen LogP contribution is 2.40. The fraction of sp³-hybridized carbons (Fsp3) is 0.429. The van der Waals surface area contributed by atoms with Gasteiger partial charge < -0.3 is 23.5 Å². The van der Waals surface area contributed by atoms with E-state index in [0.29, 0.717) is 41.5 Å². The molecule has 1 aromatic heterocycles. The first-order valence-corrected chi connectivity index (χ1v) is 9.09. The highest BCUT2D eigenvalue weighted by atomic mass is 16.5. The van der Waals surface area contributed by atoms with E-state index in [1.165, 1.54) is 7.11 Å². The molecule has 0 bridgehead atoms. The van der Waals surface area contributed by atoms with E-state index in [1.54, 1.807) is 39.0 Å². The van der Waals surface area contributed by atoms with Crippen molar-refractivity contribution in [3.8, 4) is 11.5 Å². The number of esters is 1. The second-order valence-electron chi connectivity index (χ2n) is 6.78. The number of furan rings is 1. The van der Waals surface area contributed by atoms with E-state index in [2.05, 4.69) is 0 Å². The lowest BCUT2D eigenvalue weighted by Gasteiger charge is -2.37. The van der Waals surface area contributed by atoms with Crippen molar-refractivity contribution < 1.29 is 28.2 Å². The largest absolute Gasteiger partial charge is 0.493 e. The number of aryl methyl sites for hydroxylation is 2. The number of hydrogen-bond acceptors (Lipinski definition) is 6. The molecule has 150 valence electrons. The molecule has 0 fully saturated rings. The van der Waals surface area contributed by atoms with Crippen LogP contribution >= 0.6 is 0 Å². The van der Waals surface area contributed by atoms with Crippen molar-refractivity contribution in [2.24, 2.45) is 0 Å². The summed E-state index contributed by atoms with van der Waals surface area (Å²) in [5, 5.41) is 0. The molecule has 0 N–H and O–H groups in total. The quantitative estimate of drug-likeness (QED) is 0.733. The Kier molecular flexibility index (Phi) is 5.63. The van der Waals surface area contributed by atoms with Gasteiger partial charge in [0.05, 0.1) is 39.4 Å². The van der Waals surface area contributed by atoms with Gasteiger partial charge >= 0.3 is 5.97 Å². The third kappa shape index (κ3) is 3.56. The Hall–Kier alpha value is -2.96. The van der Waals surface area contributed by atoms with Crippen molar-refractivity contribution in [1.82, 2.24) is 4.90 Å². The van der Waals surface area contributed by atoms with Gasteiger partial charge in [-0.2, -0.15) is 0 Å². The van der Waals surface area contributed by atoms with Gasteiger partial charge in [-0.3, -0.25) is 9.59 Å². The highest BCUT2D eigenvalue weighted by Gasteiger charge is 2.35. The predicted molar refractivity (Wildman–Crippen MR) is 102 cm³/mol. The van der Waals surface area contributed by atoms with Crippen molar-refractivity contribution in [1.29, 1.82) is 0 Å². The number of rotatable bonds is 5. The van der Waals surface area contributed by atoms with E-state index < -0.39 is 6.04 Å². The Labute approximate surface area is 164 Å². The summed E-state index contributed by atoms with van der Waals surface area (Å²) >= 11 is 0. The molecule has 0 radical (unpaired) electrons. The van der Waals surface area contributed by atoms with Gasteiger partial charge in [-0.05, 0) is 49.6 Å². The summed E-state index contributed by atoms with van der Waals surface area (Å²) in [6, 6.07) is 5.03. The van der Waals surface area contributed by atoms with E-state index >= 15 is 0 Å². The maximum Gasteiger partial charge on any atom is 0.307 e. The van der Waals surface area contributed by atoms with Crippen LogP contribution in [0.1, 0.15) is 45.5 Å². The Balaban J connectivity index is 2.05. The van der Waals surface area contributed by atoms with Crippen molar-refractivity contribution in [2.45, 2.75) is 32.7 Å². The molecule has 1 atom stereocenters. The van der Waals surface area contributed by atoms with Crippen molar-refractivity contribution in [3.05, 3.63) is 46.4 Å². The number of carbonyl (C=O) groups excluding carboxylic acids is 2. The minimum atomic E-state index is -0.460. The van der Waals surface area contributed by atoms with Crippen molar-refractivity contribution >= 4 is 11.9 Å². The first-order valence-electron chi connectivity index (χ1n) is 9.09. The summed E-state index contributed by atoms with van der Waals surface area (Å²) in [5.74, 6) is 1.88. The summed E-state index contributed by atoms with van der Waals surface area (Å²) < 4.78 is 21.2. The maximum absolute atomic E-state index is 13.3. The normalized spacial score (nSPS) is 15.8. The van der Waals surface area contributed by atoms with E-state index in [1.807, 2.05) is 12.1 Å². The van der Waals surface area contributed by atoms with Gasteiger partial charge in [-0.15, -0.1) is 0 Å². The van der Waals surface area contributed by atoms with Crippen LogP contribution in [0.4, 0.5) is 0 Å². The molecule has 1 aliphatic rings. The van der Waals surface area contributed by atoms with Crippen LogP contribution in [0.5, 0.6) is 11.5 Å². The van der Waals surface area contributed by atoms with Gasteiger partial charge in [0, 0.05) is 6.54 Å².